The fraction of sp³-hybridized carbons (Fsp3) is 0.240. The average molecular weight is 464 g/mol. The maximum atomic E-state index is 13.3. The number of amides is 1. The Balaban J connectivity index is 2.00. The number of nitrogens with zero attached hydrogens (tertiary/aromatic N) is 2. The maximum absolute atomic E-state index is 13.3. The van der Waals surface area contributed by atoms with Crippen molar-refractivity contribution in [2.45, 2.75) is 19.9 Å². The number of aliphatic hydroxyl groups is 1. The van der Waals surface area contributed by atoms with Gasteiger partial charge in [-0.05, 0) is 43.7 Å². The lowest BCUT2D eigenvalue weighted by molar-refractivity contribution is -0.132. The van der Waals surface area contributed by atoms with Gasteiger partial charge in [0.2, 0.25) is 0 Å². The van der Waals surface area contributed by atoms with Crippen LogP contribution in [0.2, 0.25) is 0 Å². The number of aromatic nitrogens is 1. The number of carbonyl (C=O) groups is 2. The Morgan fingerprint density at radius 2 is 1.74 bits per heavy atom. The number of hydrogen-bond donors (Lipinski definition) is 1. The molecule has 1 aliphatic heterocycles. The lowest BCUT2D eigenvalue weighted by atomic mass is 9.94. The predicted molar refractivity (Wildman–Crippen MR) is 123 cm³/mol. The molecule has 1 N–H and O–H groups in total. The molecule has 0 bridgehead atoms. The van der Waals surface area contributed by atoms with Crippen LogP contribution in [0.3, 0.4) is 0 Å². The number of ether oxygens (including phenoxy) is 3. The lowest BCUT2D eigenvalue weighted by Crippen LogP contribution is -2.30. The molecule has 0 radical (unpaired) electrons. The monoisotopic (exact) mass is 464 g/mol. The van der Waals surface area contributed by atoms with E-state index in [0.29, 0.717) is 34.1 Å². The van der Waals surface area contributed by atoms with Gasteiger partial charge in [0.05, 0.1) is 26.9 Å². The van der Waals surface area contributed by atoms with Crippen molar-refractivity contribution in [1.82, 2.24) is 5.16 Å². The molecule has 1 aliphatic rings. The summed E-state index contributed by atoms with van der Waals surface area (Å²) in [5.41, 5.74) is 1.44. The van der Waals surface area contributed by atoms with E-state index in [9.17, 15) is 14.7 Å². The van der Waals surface area contributed by atoms with Gasteiger partial charge in [-0.1, -0.05) is 17.3 Å². The first-order chi connectivity index (χ1) is 16.3. The highest BCUT2D eigenvalue weighted by molar-refractivity contribution is 6.51. The van der Waals surface area contributed by atoms with E-state index < -0.39 is 17.7 Å². The van der Waals surface area contributed by atoms with Gasteiger partial charge in [0.15, 0.2) is 17.3 Å². The van der Waals surface area contributed by atoms with E-state index in [-0.39, 0.29) is 17.2 Å². The van der Waals surface area contributed by atoms with Crippen LogP contribution in [-0.4, -0.2) is 43.3 Å². The molecule has 3 aromatic rings. The number of para-hydroxylation sites is 1. The number of Topliss-reactive ketones (excluding diaryl/α,β-unsaturated/α-hetero) is 1. The molecule has 1 fully saturated rings. The van der Waals surface area contributed by atoms with Crippen molar-refractivity contribution >= 4 is 23.3 Å². The summed E-state index contributed by atoms with van der Waals surface area (Å²) in [5.74, 6) is -0.0983. The Morgan fingerprint density at radius 1 is 1.00 bits per heavy atom. The van der Waals surface area contributed by atoms with Crippen molar-refractivity contribution in [3.63, 3.8) is 0 Å². The molecule has 1 amide bonds. The minimum Gasteiger partial charge on any atom is -0.507 e. The first-order valence-corrected chi connectivity index (χ1v) is 10.4. The number of aliphatic hydroxyl groups excluding tert-OH is 1. The summed E-state index contributed by atoms with van der Waals surface area (Å²) in [4.78, 5) is 27.7. The minimum absolute atomic E-state index is 0.109. The van der Waals surface area contributed by atoms with Crippen LogP contribution in [0.1, 0.15) is 28.5 Å². The molecule has 2 heterocycles. The van der Waals surface area contributed by atoms with E-state index in [1.807, 2.05) is 6.92 Å². The van der Waals surface area contributed by atoms with Crippen molar-refractivity contribution in [1.29, 1.82) is 0 Å². The zero-order chi connectivity index (χ0) is 24.6. The van der Waals surface area contributed by atoms with Gasteiger partial charge >= 0.3 is 5.91 Å². The van der Waals surface area contributed by atoms with Crippen LogP contribution in [0.4, 0.5) is 5.82 Å². The average Bonchev–Trinajstić information content (AvgIpc) is 3.38. The highest BCUT2D eigenvalue weighted by Gasteiger charge is 2.49. The van der Waals surface area contributed by atoms with Gasteiger partial charge in [-0.15, -0.1) is 0 Å². The van der Waals surface area contributed by atoms with Crippen molar-refractivity contribution in [2.24, 2.45) is 0 Å². The fourth-order valence-electron chi connectivity index (χ4n) is 4.14. The SMILES string of the molecule is COc1ccc(C(O)=C2C(=O)C(=O)N(c3cc(C)on3)C2c2cccc(OC)c2OC)cc1C. The third-order valence-electron chi connectivity index (χ3n) is 5.70. The molecule has 2 aromatic carbocycles. The van der Waals surface area contributed by atoms with Crippen LogP contribution >= 0.6 is 0 Å². The Morgan fingerprint density at radius 3 is 2.32 bits per heavy atom. The zero-order valence-corrected chi connectivity index (χ0v) is 19.4. The van der Waals surface area contributed by atoms with E-state index in [2.05, 4.69) is 5.16 Å². The number of benzene rings is 2. The summed E-state index contributed by atoms with van der Waals surface area (Å²) in [7, 11) is 4.49. The van der Waals surface area contributed by atoms with Crippen LogP contribution in [0, 0.1) is 13.8 Å². The molecule has 0 saturated carbocycles. The second-order valence-corrected chi connectivity index (χ2v) is 7.73. The van der Waals surface area contributed by atoms with E-state index in [1.165, 1.54) is 19.1 Å². The Labute approximate surface area is 196 Å². The molecule has 0 spiro atoms. The number of rotatable bonds is 6. The van der Waals surface area contributed by atoms with Gasteiger partial charge in [-0.3, -0.25) is 14.5 Å². The van der Waals surface area contributed by atoms with Gasteiger partial charge in [0.1, 0.15) is 23.3 Å². The summed E-state index contributed by atoms with van der Waals surface area (Å²) in [6, 6.07) is 10.6. The Hall–Kier alpha value is -4.27. The number of carbonyl (C=O) groups excluding carboxylic acids is 2. The molecule has 0 aliphatic carbocycles. The van der Waals surface area contributed by atoms with E-state index in [1.54, 1.807) is 56.5 Å². The quantitative estimate of drug-likeness (QED) is 0.332. The standard InChI is InChI=1S/C25H24N2O7/c1-13-11-15(9-10-17(13)31-3)22(28)20-21(16-7-6-8-18(32-4)24(16)33-5)27(25(30)23(20)29)19-12-14(2)34-26-19/h6-12,21,28H,1-5H3. The van der Waals surface area contributed by atoms with Crippen LogP contribution in [0.15, 0.2) is 52.6 Å². The number of methoxy groups -OCH3 is 3. The predicted octanol–water partition coefficient (Wildman–Crippen LogP) is 3.94. The third kappa shape index (κ3) is 3.64. The van der Waals surface area contributed by atoms with E-state index >= 15 is 0 Å². The van der Waals surface area contributed by atoms with Gasteiger partial charge in [0.25, 0.3) is 5.78 Å². The van der Waals surface area contributed by atoms with Crippen molar-refractivity contribution < 1.29 is 33.4 Å². The van der Waals surface area contributed by atoms with E-state index in [0.717, 1.165) is 5.56 Å². The largest absolute Gasteiger partial charge is 0.507 e. The summed E-state index contributed by atoms with van der Waals surface area (Å²) < 4.78 is 21.5. The van der Waals surface area contributed by atoms with Crippen LogP contribution < -0.4 is 19.1 Å². The fourth-order valence-corrected chi connectivity index (χ4v) is 4.14. The Bertz CT molecular complexity index is 1310. The molecule has 9 heteroatoms. The topological polar surface area (TPSA) is 111 Å². The van der Waals surface area contributed by atoms with Crippen molar-refractivity contribution in [3.05, 3.63) is 70.5 Å². The first kappa shape index (κ1) is 22.9. The molecule has 9 nitrogen and oxygen atoms in total. The normalized spacial score (nSPS) is 17.2. The minimum atomic E-state index is -1.04. The first-order valence-electron chi connectivity index (χ1n) is 10.4. The summed E-state index contributed by atoms with van der Waals surface area (Å²) in [5, 5.41) is 15.3. The smallest absolute Gasteiger partial charge is 0.301 e. The highest BCUT2D eigenvalue weighted by Crippen LogP contribution is 2.47. The third-order valence-corrected chi connectivity index (χ3v) is 5.70. The summed E-state index contributed by atoms with van der Waals surface area (Å²) in [6.07, 6.45) is 0. The number of anilines is 1. The van der Waals surface area contributed by atoms with Crippen LogP contribution in [0.25, 0.3) is 5.76 Å². The second kappa shape index (κ2) is 8.93. The van der Waals surface area contributed by atoms with Gasteiger partial charge < -0.3 is 23.8 Å². The van der Waals surface area contributed by atoms with Crippen LogP contribution in [-0.2, 0) is 9.59 Å². The van der Waals surface area contributed by atoms with E-state index in [4.69, 9.17) is 18.7 Å². The van der Waals surface area contributed by atoms with Crippen molar-refractivity contribution in [2.75, 3.05) is 26.2 Å². The molecular formula is C25H24N2O7. The maximum Gasteiger partial charge on any atom is 0.301 e. The molecule has 1 saturated heterocycles. The van der Waals surface area contributed by atoms with Gasteiger partial charge in [0, 0.05) is 17.2 Å². The molecule has 1 aromatic heterocycles. The molecule has 1 atom stereocenters. The summed E-state index contributed by atoms with van der Waals surface area (Å²) >= 11 is 0. The highest BCUT2D eigenvalue weighted by atomic mass is 16.5. The molecule has 4 rings (SSSR count). The van der Waals surface area contributed by atoms with Gasteiger partial charge in [-0.25, -0.2) is 0 Å². The second-order valence-electron chi connectivity index (χ2n) is 7.73. The zero-order valence-electron chi connectivity index (χ0n) is 19.4. The number of ketones is 1. The van der Waals surface area contributed by atoms with Crippen LogP contribution in [0.5, 0.6) is 17.2 Å². The Kier molecular flexibility index (Phi) is 6.02. The van der Waals surface area contributed by atoms with Crippen molar-refractivity contribution in [3.8, 4) is 17.2 Å². The number of aryl methyl sites for hydroxylation is 2. The number of hydrogen-bond acceptors (Lipinski definition) is 8. The molecule has 1 unspecified atom stereocenters. The molecule has 34 heavy (non-hydrogen) atoms. The summed E-state index contributed by atoms with van der Waals surface area (Å²) in [6.45, 7) is 3.49. The molecular weight excluding hydrogens is 440 g/mol. The lowest BCUT2D eigenvalue weighted by Gasteiger charge is -2.25. The molecule has 176 valence electrons. The van der Waals surface area contributed by atoms with Gasteiger partial charge in [-0.2, -0.15) is 0 Å².